The molecule has 1 aromatic heterocycles. The first kappa shape index (κ1) is 11.3. The van der Waals surface area contributed by atoms with E-state index in [0.717, 1.165) is 12.3 Å². The highest BCUT2D eigenvalue weighted by atomic mass is 79.9. The summed E-state index contributed by atoms with van der Waals surface area (Å²) < 4.78 is 36.8. The smallest absolute Gasteiger partial charge is 0.409 e. The molecule has 0 bridgehead atoms. The largest absolute Gasteiger partial charge is 0.506 e. The Morgan fingerprint density at radius 1 is 1.50 bits per heavy atom. The minimum absolute atomic E-state index is 0.383. The van der Waals surface area contributed by atoms with Crippen molar-refractivity contribution in [3.05, 3.63) is 22.4 Å². The summed E-state index contributed by atoms with van der Waals surface area (Å²) in [5.41, 5.74) is 4.28. The van der Waals surface area contributed by atoms with E-state index in [1.165, 1.54) is 0 Å². The highest BCUT2D eigenvalue weighted by Crippen LogP contribution is 2.34. The van der Waals surface area contributed by atoms with Gasteiger partial charge in [-0.3, -0.25) is 4.98 Å². The van der Waals surface area contributed by atoms with Crippen LogP contribution in [-0.4, -0.2) is 16.3 Å². The third kappa shape index (κ3) is 2.36. The van der Waals surface area contributed by atoms with Gasteiger partial charge >= 0.3 is 6.18 Å². The average Bonchev–Trinajstić information content (AvgIpc) is 2.01. The van der Waals surface area contributed by atoms with Gasteiger partial charge in [0.2, 0.25) is 0 Å². The maximum Gasteiger partial charge on any atom is 0.409 e. The van der Waals surface area contributed by atoms with E-state index in [9.17, 15) is 13.2 Å². The Morgan fingerprint density at radius 2 is 2.07 bits per heavy atom. The molecule has 0 radical (unpaired) electrons. The topological polar surface area (TPSA) is 59.1 Å². The number of aromatic hydroxyl groups is 1. The van der Waals surface area contributed by atoms with Crippen LogP contribution < -0.4 is 5.73 Å². The van der Waals surface area contributed by atoms with Crippen LogP contribution in [0.1, 0.15) is 11.7 Å². The molecule has 7 heteroatoms. The molecule has 1 atom stereocenters. The van der Waals surface area contributed by atoms with Gasteiger partial charge in [0.05, 0.1) is 0 Å². The minimum Gasteiger partial charge on any atom is -0.506 e. The van der Waals surface area contributed by atoms with Gasteiger partial charge < -0.3 is 10.8 Å². The lowest BCUT2D eigenvalue weighted by Gasteiger charge is -2.15. The monoisotopic (exact) mass is 270 g/mol. The van der Waals surface area contributed by atoms with Crippen molar-refractivity contribution in [3.63, 3.8) is 0 Å². The highest BCUT2D eigenvalue weighted by molar-refractivity contribution is 9.10. The molecular weight excluding hydrogens is 265 g/mol. The summed E-state index contributed by atoms with van der Waals surface area (Å²) >= 11 is 2.95. The molecule has 0 aromatic carbocycles. The van der Waals surface area contributed by atoms with Gasteiger partial charge in [0.1, 0.15) is 17.5 Å². The van der Waals surface area contributed by atoms with Gasteiger partial charge in [-0.15, -0.1) is 0 Å². The van der Waals surface area contributed by atoms with Crippen molar-refractivity contribution in [2.45, 2.75) is 12.2 Å². The second-order valence-corrected chi connectivity index (χ2v) is 3.49. The van der Waals surface area contributed by atoms with E-state index in [1.54, 1.807) is 0 Å². The zero-order valence-corrected chi connectivity index (χ0v) is 8.30. The zero-order valence-electron chi connectivity index (χ0n) is 6.72. The van der Waals surface area contributed by atoms with Crippen molar-refractivity contribution in [1.82, 2.24) is 4.98 Å². The third-order valence-corrected chi connectivity index (χ3v) is 1.94. The third-order valence-electron chi connectivity index (χ3n) is 1.51. The van der Waals surface area contributed by atoms with E-state index in [-0.39, 0.29) is 0 Å². The summed E-state index contributed by atoms with van der Waals surface area (Å²) in [6.45, 7) is 0. The lowest BCUT2D eigenvalue weighted by Crippen LogP contribution is -2.29. The molecule has 0 aliphatic rings. The van der Waals surface area contributed by atoms with Crippen LogP contribution in [0.5, 0.6) is 5.75 Å². The predicted octanol–water partition coefficient (Wildman–Crippen LogP) is 2.11. The summed E-state index contributed by atoms with van der Waals surface area (Å²) in [7, 11) is 0. The van der Waals surface area contributed by atoms with E-state index in [2.05, 4.69) is 20.9 Å². The van der Waals surface area contributed by atoms with Crippen molar-refractivity contribution in [2.75, 3.05) is 0 Å². The number of halogens is 4. The van der Waals surface area contributed by atoms with Gasteiger partial charge in [0.25, 0.3) is 0 Å². The maximum atomic E-state index is 12.1. The van der Waals surface area contributed by atoms with Crippen LogP contribution in [0.15, 0.2) is 16.7 Å². The summed E-state index contributed by atoms with van der Waals surface area (Å²) in [6, 6.07) is -1.16. The van der Waals surface area contributed by atoms with Gasteiger partial charge in [0.15, 0.2) is 0 Å². The van der Waals surface area contributed by atoms with Gasteiger partial charge in [-0.2, -0.15) is 13.2 Å². The Morgan fingerprint density at radius 3 is 2.50 bits per heavy atom. The van der Waals surface area contributed by atoms with E-state index in [0.29, 0.717) is 4.47 Å². The highest BCUT2D eigenvalue weighted by Gasteiger charge is 2.40. The van der Waals surface area contributed by atoms with Crippen molar-refractivity contribution < 1.29 is 18.3 Å². The second kappa shape index (κ2) is 3.74. The Bertz CT molecular complexity index is 342. The molecule has 1 rings (SSSR count). The number of hydrogen-bond acceptors (Lipinski definition) is 3. The van der Waals surface area contributed by atoms with Crippen LogP contribution in [0.25, 0.3) is 0 Å². The molecule has 0 amide bonds. The lowest BCUT2D eigenvalue weighted by atomic mass is 10.2. The van der Waals surface area contributed by atoms with Crippen molar-refractivity contribution in [2.24, 2.45) is 5.73 Å². The van der Waals surface area contributed by atoms with Crippen molar-refractivity contribution >= 4 is 15.9 Å². The van der Waals surface area contributed by atoms with Gasteiger partial charge in [-0.05, 0) is 22.0 Å². The molecule has 0 saturated heterocycles. The fraction of sp³-hybridized carbons (Fsp3) is 0.286. The summed E-state index contributed by atoms with van der Waals surface area (Å²) in [6.07, 6.45) is -3.47. The fourth-order valence-electron chi connectivity index (χ4n) is 0.834. The Balaban J connectivity index is 3.08. The Labute approximate surface area is 85.9 Å². The first-order valence-electron chi connectivity index (χ1n) is 3.49. The Hall–Kier alpha value is -0.820. The molecule has 1 aromatic rings. The van der Waals surface area contributed by atoms with Crippen molar-refractivity contribution in [1.29, 1.82) is 0 Å². The predicted molar refractivity (Wildman–Crippen MR) is 46.6 cm³/mol. The Kier molecular flexibility index (Phi) is 3.01. The number of rotatable bonds is 1. The van der Waals surface area contributed by atoms with E-state index < -0.39 is 23.7 Å². The van der Waals surface area contributed by atoms with Crippen molar-refractivity contribution in [3.8, 4) is 5.75 Å². The molecular formula is C7H6BrF3N2O. The van der Waals surface area contributed by atoms with Crippen LogP contribution in [0, 0.1) is 0 Å². The van der Waals surface area contributed by atoms with Crippen LogP contribution in [0.4, 0.5) is 13.2 Å². The molecule has 78 valence electrons. The zero-order chi connectivity index (χ0) is 10.9. The van der Waals surface area contributed by atoms with Crippen LogP contribution in [0.3, 0.4) is 0 Å². The molecule has 3 nitrogen and oxygen atoms in total. The summed E-state index contributed by atoms with van der Waals surface area (Å²) in [5.74, 6) is -0.579. The lowest BCUT2D eigenvalue weighted by molar-refractivity contribution is -0.150. The molecule has 0 fully saturated rings. The first-order chi connectivity index (χ1) is 6.32. The van der Waals surface area contributed by atoms with Crippen LogP contribution >= 0.6 is 15.9 Å². The number of hydrogen-bond donors (Lipinski definition) is 2. The number of aromatic nitrogens is 1. The quantitative estimate of drug-likeness (QED) is 0.822. The molecule has 1 heterocycles. The standard InChI is InChI=1S/C7H6BrF3N2O/c8-3-1-4(14)5(13-2-3)6(12)7(9,10)11/h1-2,6,14H,12H2. The van der Waals surface area contributed by atoms with Crippen LogP contribution in [0.2, 0.25) is 0 Å². The first-order valence-corrected chi connectivity index (χ1v) is 4.28. The average molecular weight is 271 g/mol. The molecule has 0 spiro atoms. The molecule has 1 unspecified atom stereocenters. The van der Waals surface area contributed by atoms with E-state index >= 15 is 0 Å². The maximum absolute atomic E-state index is 12.1. The number of pyridine rings is 1. The molecule has 3 N–H and O–H groups in total. The summed E-state index contributed by atoms with van der Waals surface area (Å²) in [5, 5.41) is 9.15. The van der Waals surface area contributed by atoms with Gasteiger partial charge in [0, 0.05) is 10.7 Å². The van der Waals surface area contributed by atoms with E-state index in [1.807, 2.05) is 0 Å². The molecule has 0 saturated carbocycles. The summed E-state index contributed by atoms with van der Waals surface area (Å²) in [4.78, 5) is 3.40. The molecule has 14 heavy (non-hydrogen) atoms. The number of nitrogens with two attached hydrogens (primary N) is 1. The molecule has 0 aliphatic carbocycles. The SMILES string of the molecule is NC(c1ncc(Br)cc1O)C(F)(F)F. The van der Waals surface area contributed by atoms with Gasteiger partial charge in [-0.1, -0.05) is 0 Å². The normalized spacial score (nSPS) is 14.1. The number of alkyl halides is 3. The van der Waals surface area contributed by atoms with Gasteiger partial charge in [-0.25, -0.2) is 0 Å². The minimum atomic E-state index is -4.61. The molecule has 0 aliphatic heterocycles. The fourth-order valence-corrected chi connectivity index (χ4v) is 1.15. The van der Waals surface area contributed by atoms with Crippen LogP contribution in [-0.2, 0) is 0 Å². The van der Waals surface area contributed by atoms with E-state index in [4.69, 9.17) is 10.8 Å². The second-order valence-electron chi connectivity index (χ2n) is 2.58. The number of nitrogens with zero attached hydrogens (tertiary/aromatic N) is 1.